The van der Waals surface area contributed by atoms with Gasteiger partial charge in [0.15, 0.2) is 5.82 Å². The topological polar surface area (TPSA) is 58.3 Å². The predicted molar refractivity (Wildman–Crippen MR) is 90.9 cm³/mol. The van der Waals surface area contributed by atoms with Crippen molar-refractivity contribution in [1.82, 2.24) is 15.1 Å². The molecule has 1 aliphatic heterocycles. The second-order valence-corrected chi connectivity index (χ2v) is 6.02. The van der Waals surface area contributed by atoms with E-state index in [2.05, 4.69) is 33.8 Å². The number of thiocarbonyl (C=S) groups is 1. The van der Waals surface area contributed by atoms with Gasteiger partial charge in [0.2, 0.25) is 0 Å². The van der Waals surface area contributed by atoms with Crippen LogP contribution in [0.1, 0.15) is 37.1 Å². The van der Waals surface area contributed by atoms with Crippen LogP contribution in [0.5, 0.6) is 0 Å². The summed E-state index contributed by atoms with van der Waals surface area (Å²) in [6, 6.07) is 0.572. The molecular formula is C15H25N5S. The molecule has 116 valence electrons. The predicted octanol–water partition coefficient (Wildman–Crippen LogP) is 1.65. The van der Waals surface area contributed by atoms with Crippen LogP contribution in [-0.4, -0.2) is 52.3 Å². The Kier molecular flexibility index (Phi) is 5.11. The minimum absolute atomic E-state index is 0.409. The van der Waals surface area contributed by atoms with Crippen LogP contribution in [0.2, 0.25) is 0 Å². The molecule has 2 N–H and O–H groups in total. The van der Waals surface area contributed by atoms with Crippen molar-refractivity contribution < 1.29 is 0 Å². The summed E-state index contributed by atoms with van der Waals surface area (Å²) in [6.45, 7) is 12.5. The van der Waals surface area contributed by atoms with Crippen molar-refractivity contribution in [2.24, 2.45) is 5.73 Å². The van der Waals surface area contributed by atoms with E-state index in [1.807, 2.05) is 13.8 Å². The van der Waals surface area contributed by atoms with Gasteiger partial charge < -0.3 is 10.6 Å². The lowest BCUT2D eigenvalue weighted by molar-refractivity contribution is 0.232. The summed E-state index contributed by atoms with van der Waals surface area (Å²) in [5.41, 5.74) is 8.74. The summed E-state index contributed by atoms with van der Waals surface area (Å²) < 4.78 is 0. The fourth-order valence-corrected chi connectivity index (χ4v) is 3.33. The minimum atomic E-state index is 0.409. The van der Waals surface area contributed by atoms with Crippen LogP contribution in [0, 0.1) is 13.8 Å². The van der Waals surface area contributed by atoms with Crippen molar-refractivity contribution in [3.63, 3.8) is 0 Å². The van der Waals surface area contributed by atoms with Gasteiger partial charge in [-0.15, -0.1) is 5.10 Å². The number of hydrogen-bond acceptors (Lipinski definition) is 5. The Labute approximate surface area is 132 Å². The maximum atomic E-state index is 5.93. The zero-order valence-corrected chi connectivity index (χ0v) is 14.2. The molecule has 6 heteroatoms. The zero-order chi connectivity index (χ0) is 15.6. The van der Waals surface area contributed by atoms with Crippen LogP contribution >= 0.6 is 12.2 Å². The molecule has 0 radical (unpaired) electrons. The zero-order valence-electron chi connectivity index (χ0n) is 13.4. The van der Waals surface area contributed by atoms with Gasteiger partial charge in [-0.1, -0.05) is 26.1 Å². The monoisotopic (exact) mass is 307 g/mol. The standard InChI is InChI=1S/C15H25N5S/c1-5-19(6-2)12-7-8-20(9-12)15-13(14(16)21)10(3)11(4)17-18-15/h12H,5-9H2,1-4H3,(H2,16,21). The van der Waals surface area contributed by atoms with E-state index < -0.39 is 0 Å². The fraction of sp³-hybridized carbons (Fsp3) is 0.667. The molecule has 1 aliphatic rings. The van der Waals surface area contributed by atoms with Crippen LogP contribution in [0.15, 0.2) is 0 Å². The molecule has 0 bridgehead atoms. The molecule has 21 heavy (non-hydrogen) atoms. The molecule has 0 amide bonds. The SMILES string of the molecule is CCN(CC)C1CCN(c2nnc(C)c(C)c2C(N)=S)C1. The number of anilines is 1. The summed E-state index contributed by atoms with van der Waals surface area (Å²) in [5.74, 6) is 0.847. The largest absolute Gasteiger partial charge is 0.389 e. The number of aromatic nitrogens is 2. The number of nitrogens with two attached hydrogens (primary N) is 1. The molecule has 0 spiro atoms. The second kappa shape index (κ2) is 6.66. The highest BCUT2D eigenvalue weighted by atomic mass is 32.1. The lowest BCUT2D eigenvalue weighted by Crippen LogP contribution is -2.37. The second-order valence-electron chi connectivity index (χ2n) is 5.58. The van der Waals surface area contributed by atoms with E-state index in [1.165, 1.54) is 0 Å². The quantitative estimate of drug-likeness (QED) is 0.835. The first-order valence-electron chi connectivity index (χ1n) is 7.62. The lowest BCUT2D eigenvalue weighted by atomic mass is 10.1. The van der Waals surface area contributed by atoms with Crippen LogP contribution in [0.4, 0.5) is 5.82 Å². The molecular weight excluding hydrogens is 282 g/mol. The van der Waals surface area contributed by atoms with Gasteiger partial charge >= 0.3 is 0 Å². The van der Waals surface area contributed by atoms with Crippen LogP contribution in [-0.2, 0) is 0 Å². The highest BCUT2D eigenvalue weighted by molar-refractivity contribution is 7.80. The minimum Gasteiger partial charge on any atom is -0.389 e. The molecule has 2 heterocycles. The summed E-state index contributed by atoms with van der Waals surface area (Å²) in [6.07, 6.45) is 1.15. The van der Waals surface area contributed by atoms with E-state index in [0.717, 1.165) is 55.2 Å². The number of nitrogens with zero attached hydrogens (tertiary/aromatic N) is 4. The first-order chi connectivity index (χ1) is 9.99. The van der Waals surface area contributed by atoms with E-state index in [9.17, 15) is 0 Å². The average Bonchev–Trinajstić information content (AvgIpc) is 2.92. The highest BCUT2D eigenvalue weighted by Gasteiger charge is 2.29. The summed E-state index contributed by atoms with van der Waals surface area (Å²) in [7, 11) is 0. The molecule has 1 saturated heterocycles. The third-order valence-electron chi connectivity index (χ3n) is 4.47. The summed E-state index contributed by atoms with van der Waals surface area (Å²) in [5, 5.41) is 8.63. The van der Waals surface area contributed by atoms with E-state index in [0.29, 0.717) is 11.0 Å². The first kappa shape index (κ1) is 16.1. The summed E-state index contributed by atoms with van der Waals surface area (Å²) >= 11 is 5.23. The number of hydrogen-bond donors (Lipinski definition) is 1. The molecule has 1 aromatic heterocycles. The lowest BCUT2D eigenvalue weighted by Gasteiger charge is -2.27. The maximum absolute atomic E-state index is 5.93. The molecule has 0 saturated carbocycles. The normalized spacial score (nSPS) is 18.5. The number of rotatable bonds is 5. The van der Waals surface area contributed by atoms with Gasteiger partial charge in [-0.3, -0.25) is 4.90 Å². The van der Waals surface area contributed by atoms with Crippen LogP contribution < -0.4 is 10.6 Å². The Morgan fingerprint density at radius 3 is 2.57 bits per heavy atom. The van der Waals surface area contributed by atoms with Crippen molar-refractivity contribution >= 4 is 23.0 Å². The van der Waals surface area contributed by atoms with E-state index in [4.69, 9.17) is 18.0 Å². The van der Waals surface area contributed by atoms with Crippen LogP contribution in [0.3, 0.4) is 0 Å². The van der Waals surface area contributed by atoms with Crippen molar-refractivity contribution in [2.45, 2.75) is 40.2 Å². The van der Waals surface area contributed by atoms with Crippen molar-refractivity contribution in [2.75, 3.05) is 31.1 Å². The smallest absolute Gasteiger partial charge is 0.161 e. The molecule has 1 unspecified atom stereocenters. The third kappa shape index (κ3) is 3.16. The number of likely N-dealkylation sites (N-methyl/N-ethyl adjacent to an activating group) is 1. The van der Waals surface area contributed by atoms with Crippen LogP contribution in [0.25, 0.3) is 0 Å². The van der Waals surface area contributed by atoms with Gasteiger partial charge in [-0.05, 0) is 38.9 Å². The molecule has 1 atom stereocenters. The molecule has 0 aromatic carbocycles. The van der Waals surface area contributed by atoms with Gasteiger partial charge in [0, 0.05) is 19.1 Å². The highest BCUT2D eigenvalue weighted by Crippen LogP contribution is 2.27. The molecule has 2 rings (SSSR count). The Hall–Kier alpha value is -1.27. The first-order valence-corrected chi connectivity index (χ1v) is 8.03. The van der Waals surface area contributed by atoms with Gasteiger partial charge in [0.05, 0.1) is 11.3 Å². The van der Waals surface area contributed by atoms with E-state index in [-0.39, 0.29) is 0 Å². The Bertz CT molecular complexity index is 527. The number of aryl methyl sites for hydroxylation is 1. The molecule has 5 nitrogen and oxygen atoms in total. The van der Waals surface area contributed by atoms with Crippen molar-refractivity contribution in [1.29, 1.82) is 0 Å². The van der Waals surface area contributed by atoms with E-state index >= 15 is 0 Å². The Morgan fingerprint density at radius 1 is 1.33 bits per heavy atom. The Morgan fingerprint density at radius 2 is 2.00 bits per heavy atom. The average molecular weight is 307 g/mol. The van der Waals surface area contributed by atoms with Gasteiger partial charge in [-0.2, -0.15) is 5.10 Å². The molecule has 0 aliphatic carbocycles. The van der Waals surface area contributed by atoms with Gasteiger partial charge in [-0.25, -0.2) is 0 Å². The van der Waals surface area contributed by atoms with Gasteiger partial charge in [0.1, 0.15) is 4.99 Å². The molecule has 1 fully saturated rings. The Balaban J connectivity index is 2.28. The summed E-state index contributed by atoms with van der Waals surface area (Å²) in [4.78, 5) is 5.18. The third-order valence-corrected chi connectivity index (χ3v) is 4.68. The van der Waals surface area contributed by atoms with Crippen molar-refractivity contribution in [3.05, 3.63) is 16.8 Å². The van der Waals surface area contributed by atoms with E-state index in [1.54, 1.807) is 0 Å². The maximum Gasteiger partial charge on any atom is 0.161 e. The molecule has 1 aromatic rings. The fourth-order valence-electron chi connectivity index (χ4n) is 3.08. The van der Waals surface area contributed by atoms with Gasteiger partial charge in [0.25, 0.3) is 0 Å². The van der Waals surface area contributed by atoms with Crippen molar-refractivity contribution in [3.8, 4) is 0 Å².